The van der Waals surface area contributed by atoms with Crippen molar-refractivity contribution in [2.45, 2.75) is 25.2 Å². The average Bonchev–Trinajstić information content (AvgIpc) is 3.16. The van der Waals surface area contributed by atoms with Gasteiger partial charge in [-0.05, 0) is 36.8 Å². The van der Waals surface area contributed by atoms with E-state index in [-0.39, 0.29) is 5.82 Å². The van der Waals surface area contributed by atoms with Gasteiger partial charge < -0.3 is 0 Å². The number of thioether (sulfide) groups is 1. The van der Waals surface area contributed by atoms with Crippen molar-refractivity contribution in [3.63, 3.8) is 0 Å². The van der Waals surface area contributed by atoms with Crippen molar-refractivity contribution >= 4 is 11.8 Å². The fraction of sp³-hybridized carbons (Fsp3) is 0.235. The third-order valence-electron chi connectivity index (χ3n) is 3.44. The predicted octanol–water partition coefficient (Wildman–Crippen LogP) is 3.57. The Morgan fingerprint density at radius 1 is 1.25 bits per heavy atom. The van der Waals surface area contributed by atoms with Gasteiger partial charge in [0.05, 0.1) is 12.7 Å². The molecule has 3 aromatic rings. The first kappa shape index (κ1) is 16.4. The van der Waals surface area contributed by atoms with Crippen molar-refractivity contribution in [3.05, 3.63) is 60.7 Å². The molecule has 3 rings (SSSR count). The van der Waals surface area contributed by atoms with Crippen molar-refractivity contribution < 1.29 is 4.39 Å². The van der Waals surface area contributed by atoms with Crippen LogP contribution in [0.15, 0.2) is 54.5 Å². The molecular formula is C17H18FN5S. The molecule has 0 atom stereocenters. The van der Waals surface area contributed by atoms with E-state index in [2.05, 4.69) is 21.9 Å². The number of benzene rings is 1. The maximum atomic E-state index is 13.1. The first-order valence-electron chi connectivity index (χ1n) is 7.59. The van der Waals surface area contributed by atoms with Gasteiger partial charge in [-0.15, -0.1) is 16.8 Å². The summed E-state index contributed by atoms with van der Waals surface area (Å²) < 4.78 is 17.0. The van der Waals surface area contributed by atoms with Gasteiger partial charge in [0.2, 0.25) is 0 Å². The number of aryl methyl sites for hydroxylation is 2. The molecule has 0 saturated carbocycles. The van der Waals surface area contributed by atoms with Crippen LogP contribution >= 0.6 is 11.8 Å². The van der Waals surface area contributed by atoms with Crippen LogP contribution in [-0.2, 0) is 13.1 Å². The fourth-order valence-corrected chi connectivity index (χ4v) is 3.20. The molecule has 0 spiro atoms. The maximum absolute atomic E-state index is 13.1. The Labute approximate surface area is 144 Å². The second kappa shape index (κ2) is 7.44. The van der Waals surface area contributed by atoms with E-state index < -0.39 is 0 Å². The van der Waals surface area contributed by atoms with Crippen LogP contribution in [0.2, 0.25) is 0 Å². The van der Waals surface area contributed by atoms with Crippen molar-refractivity contribution in [1.29, 1.82) is 0 Å². The molecule has 0 bridgehead atoms. The van der Waals surface area contributed by atoms with Crippen LogP contribution in [0, 0.1) is 12.7 Å². The van der Waals surface area contributed by atoms with Gasteiger partial charge in [0.25, 0.3) is 0 Å². The zero-order chi connectivity index (χ0) is 16.9. The quantitative estimate of drug-likeness (QED) is 0.486. The van der Waals surface area contributed by atoms with Gasteiger partial charge in [0.15, 0.2) is 11.0 Å². The minimum atomic E-state index is -0.266. The van der Waals surface area contributed by atoms with E-state index in [0.29, 0.717) is 12.4 Å². The van der Waals surface area contributed by atoms with Gasteiger partial charge in [-0.3, -0.25) is 9.25 Å². The largest absolute Gasteiger partial charge is 0.298 e. The maximum Gasteiger partial charge on any atom is 0.191 e. The predicted molar refractivity (Wildman–Crippen MR) is 93.3 cm³/mol. The standard InChI is InChI=1S/C17H18FN5S/c1-3-8-23-16(14-4-6-15(18)7-5-14)20-21-17(23)24-10-9-22-12-13(2)11-19-22/h3-7,11-12H,1,8-10H2,2H3. The lowest BCUT2D eigenvalue weighted by Crippen LogP contribution is -2.04. The highest BCUT2D eigenvalue weighted by molar-refractivity contribution is 7.99. The van der Waals surface area contributed by atoms with E-state index in [9.17, 15) is 4.39 Å². The Morgan fingerprint density at radius 2 is 2.04 bits per heavy atom. The lowest BCUT2D eigenvalue weighted by atomic mass is 10.2. The highest BCUT2D eigenvalue weighted by atomic mass is 32.2. The van der Waals surface area contributed by atoms with Crippen LogP contribution in [0.4, 0.5) is 4.39 Å². The summed E-state index contributed by atoms with van der Waals surface area (Å²) >= 11 is 1.62. The summed E-state index contributed by atoms with van der Waals surface area (Å²) in [5, 5.41) is 13.6. The summed E-state index contributed by atoms with van der Waals surface area (Å²) in [4.78, 5) is 0. The summed E-state index contributed by atoms with van der Waals surface area (Å²) in [5.74, 6) is 1.28. The molecule has 0 aliphatic carbocycles. The van der Waals surface area contributed by atoms with Crippen LogP contribution in [0.5, 0.6) is 0 Å². The second-order valence-corrected chi connectivity index (χ2v) is 6.40. The van der Waals surface area contributed by atoms with E-state index in [1.807, 2.05) is 28.6 Å². The van der Waals surface area contributed by atoms with E-state index >= 15 is 0 Å². The number of rotatable bonds is 7. The van der Waals surface area contributed by atoms with Crippen molar-refractivity contribution in [3.8, 4) is 11.4 Å². The molecule has 0 amide bonds. The van der Waals surface area contributed by atoms with Crippen LogP contribution < -0.4 is 0 Å². The zero-order valence-electron chi connectivity index (χ0n) is 13.4. The molecule has 0 aliphatic heterocycles. The summed E-state index contributed by atoms with van der Waals surface area (Å²) in [5.41, 5.74) is 1.98. The highest BCUT2D eigenvalue weighted by Gasteiger charge is 2.13. The summed E-state index contributed by atoms with van der Waals surface area (Å²) in [6.07, 6.45) is 5.66. The lowest BCUT2D eigenvalue weighted by Gasteiger charge is -2.08. The number of allylic oxidation sites excluding steroid dienone is 1. The molecule has 124 valence electrons. The smallest absolute Gasteiger partial charge is 0.191 e. The third-order valence-corrected chi connectivity index (χ3v) is 4.39. The molecule has 0 saturated heterocycles. The minimum absolute atomic E-state index is 0.266. The van der Waals surface area contributed by atoms with Crippen molar-refractivity contribution in [2.75, 3.05) is 5.75 Å². The number of hydrogen-bond acceptors (Lipinski definition) is 4. The first-order valence-corrected chi connectivity index (χ1v) is 8.58. The van der Waals surface area contributed by atoms with Gasteiger partial charge >= 0.3 is 0 Å². The summed E-state index contributed by atoms with van der Waals surface area (Å²) in [7, 11) is 0. The van der Waals surface area contributed by atoms with Crippen molar-refractivity contribution in [1.82, 2.24) is 24.5 Å². The number of halogens is 1. The molecule has 7 heteroatoms. The molecule has 1 aromatic carbocycles. The first-order chi connectivity index (χ1) is 11.7. The number of nitrogens with zero attached hydrogens (tertiary/aromatic N) is 5. The Kier molecular flexibility index (Phi) is 5.10. The van der Waals surface area contributed by atoms with Gasteiger partial charge in [-0.25, -0.2) is 4.39 Å². The molecule has 0 unspecified atom stereocenters. The monoisotopic (exact) mass is 343 g/mol. The van der Waals surface area contributed by atoms with Crippen LogP contribution in [-0.4, -0.2) is 30.3 Å². The van der Waals surface area contributed by atoms with Crippen LogP contribution in [0.3, 0.4) is 0 Å². The molecule has 2 heterocycles. The topological polar surface area (TPSA) is 48.5 Å². The Bertz CT molecular complexity index is 822. The Balaban J connectivity index is 1.75. The van der Waals surface area contributed by atoms with Crippen LogP contribution in [0.25, 0.3) is 11.4 Å². The lowest BCUT2D eigenvalue weighted by molar-refractivity contribution is 0.628. The minimum Gasteiger partial charge on any atom is -0.298 e. The molecule has 2 aromatic heterocycles. The van der Waals surface area contributed by atoms with E-state index in [0.717, 1.165) is 28.6 Å². The molecular weight excluding hydrogens is 325 g/mol. The van der Waals surface area contributed by atoms with Gasteiger partial charge in [-0.1, -0.05) is 17.8 Å². The Hall–Kier alpha value is -2.41. The molecule has 5 nitrogen and oxygen atoms in total. The number of aromatic nitrogens is 5. The zero-order valence-corrected chi connectivity index (χ0v) is 14.2. The summed E-state index contributed by atoms with van der Waals surface area (Å²) in [6.45, 7) is 7.21. The SMILES string of the molecule is C=CCn1c(SCCn2cc(C)cn2)nnc1-c1ccc(F)cc1. The molecule has 0 radical (unpaired) electrons. The average molecular weight is 343 g/mol. The van der Waals surface area contributed by atoms with E-state index in [4.69, 9.17) is 0 Å². The molecule has 0 N–H and O–H groups in total. The van der Waals surface area contributed by atoms with E-state index in [1.54, 1.807) is 30.0 Å². The number of hydrogen-bond donors (Lipinski definition) is 0. The van der Waals surface area contributed by atoms with Gasteiger partial charge in [0, 0.05) is 24.1 Å². The molecule has 24 heavy (non-hydrogen) atoms. The Morgan fingerprint density at radius 3 is 2.71 bits per heavy atom. The molecule has 0 fully saturated rings. The summed E-state index contributed by atoms with van der Waals surface area (Å²) in [6, 6.07) is 6.27. The van der Waals surface area contributed by atoms with Gasteiger partial charge in [0.1, 0.15) is 5.82 Å². The second-order valence-electron chi connectivity index (χ2n) is 5.34. The fourth-order valence-electron chi connectivity index (χ4n) is 2.32. The highest BCUT2D eigenvalue weighted by Crippen LogP contribution is 2.24. The van der Waals surface area contributed by atoms with Crippen molar-refractivity contribution in [2.24, 2.45) is 0 Å². The third kappa shape index (κ3) is 3.73. The normalized spacial score (nSPS) is 10.9. The van der Waals surface area contributed by atoms with Gasteiger partial charge in [-0.2, -0.15) is 5.10 Å². The molecule has 0 aliphatic rings. The van der Waals surface area contributed by atoms with Crippen LogP contribution in [0.1, 0.15) is 5.56 Å². The van der Waals surface area contributed by atoms with E-state index in [1.165, 1.54) is 12.1 Å².